The Kier molecular flexibility index (Phi) is 4.10. The van der Waals surface area contributed by atoms with Crippen molar-refractivity contribution in [2.45, 2.75) is 19.8 Å². The van der Waals surface area contributed by atoms with Crippen molar-refractivity contribution in [1.82, 2.24) is 0 Å². The van der Waals surface area contributed by atoms with Gasteiger partial charge in [-0.25, -0.2) is 0 Å². The van der Waals surface area contributed by atoms with Crippen molar-refractivity contribution in [2.75, 3.05) is 7.11 Å². The molecule has 0 fully saturated rings. The van der Waals surface area contributed by atoms with Crippen LogP contribution in [0, 0.1) is 0 Å². The first-order valence-electron chi connectivity index (χ1n) is 4.61. The Morgan fingerprint density at radius 1 is 1.38 bits per heavy atom. The Morgan fingerprint density at radius 2 is 2.23 bits per heavy atom. The zero-order chi connectivity index (χ0) is 9.52. The normalized spacial score (nSPS) is 10.6. The summed E-state index contributed by atoms with van der Waals surface area (Å²) in [4.78, 5) is 0. The fraction of sp³-hybridized carbons (Fsp3) is 0.333. The first-order chi connectivity index (χ1) is 6.36. The van der Waals surface area contributed by atoms with Crippen LogP contribution in [0.25, 0.3) is 0 Å². The van der Waals surface area contributed by atoms with Crippen molar-refractivity contribution in [3.63, 3.8) is 0 Å². The molecule has 0 aliphatic carbocycles. The molecule has 1 aromatic carbocycles. The lowest BCUT2D eigenvalue weighted by Gasteiger charge is -2.02. The number of rotatable bonds is 4. The molecule has 1 nitrogen and oxygen atoms in total. The van der Waals surface area contributed by atoms with Crippen LogP contribution < -0.4 is 4.74 Å². The summed E-state index contributed by atoms with van der Waals surface area (Å²) >= 11 is 0. The van der Waals surface area contributed by atoms with E-state index in [1.165, 1.54) is 5.56 Å². The monoisotopic (exact) mass is 176 g/mol. The summed E-state index contributed by atoms with van der Waals surface area (Å²) in [5.41, 5.74) is 1.33. The van der Waals surface area contributed by atoms with E-state index in [2.05, 4.69) is 24.3 Å². The van der Waals surface area contributed by atoms with Gasteiger partial charge in [-0.1, -0.05) is 24.3 Å². The standard InChI is InChI=1S/C12H16O/c1-3-4-5-7-11-8-6-9-12(10-11)13-2/h3-4,6,8-10H,5,7H2,1-2H3/b4-3+. The highest BCUT2D eigenvalue weighted by Crippen LogP contribution is 2.13. The van der Waals surface area contributed by atoms with Crippen LogP contribution in [-0.2, 0) is 6.42 Å². The molecular formula is C12H16O. The van der Waals surface area contributed by atoms with Gasteiger partial charge in [0, 0.05) is 0 Å². The summed E-state index contributed by atoms with van der Waals surface area (Å²) in [5.74, 6) is 0.943. The topological polar surface area (TPSA) is 9.23 Å². The molecule has 0 amide bonds. The molecule has 0 heterocycles. The summed E-state index contributed by atoms with van der Waals surface area (Å²) < 4.78 is 5.14. The molecule has 70 valence electrons. The van der Waals surface area contributed by atoms with Crippen molar-refractivity contribution < 1.29 is 4.74 Å². The van der Waals surface area contributed by atoms with E-state index in [1.807, 2.05) is 19.1 Å². The summed E-state index contributed by atoms with van der Waals surface area (Å²) in [6.07, 6.45) is 6.45. The van der Waals surface area contributed by atoms with E-state index in [4.69, 9.17) is 4.74 Å². The Balaban J connectivity index is 2.56. The van der Waals surface area contributed by atoms with Crippen molar-refractivity contribution in [3.8, 4) is 5.75 Å². The van der Waals surface area contributed by atoms with Crippen LogP contribution in [-0.4, -0.2) is 7.11 Å². The minimum absolute atomic E-state index is 0.943. The molecule has 0 aliphatic heterocycles. The van der Waals surface area contributed by atoms with Gasteiger partial charge in [-0.05, 0) is 37.5 Å². The van der Waals surface area contributed by atoms with Gasteiger partial charge in [-0.2, -0.15) is 0 Å². The van der Waals surface area contributed by atoms with Gasteiger partial charge in [0.05, 0.1) is 7.11 Å². The third kappa shape index (κ3) is 3.32. The third-order valence-electron chi connectivity index (χ3n) is 1.97. The molecule has 1 aromatic rings. The average Bonchev–Trinajstić information content (AvgIpc) is 2.19. The number of methoxy groups -OCH3 is 1. The zero-order valence-corrected chi connectivity index (χ0v) is 8.29. The SMILES string of the molecule is C/C=C/CCc1cccc(OC)c1. The van der Waals surface area contributed by atoms with Crippen molar-refractivity contribution in [1.29, 1.82) is 0 Å². The molecule has 0 saturated heterocycles. The Morgan fingerprint density at radius 3 is 2.92 bits per heavy atom. The summed E-state index contributed by atoms with van der Waals surface area (Å²) in [7, 11) is 1.70. The van der Waals surface area contributed by atoms with Gasteiger partial charge in [-0.15, -0.1) is 0 Å². The number of allylic oxidation sites excluding steroid dienone is 2. The largest absolute Gasteiger partial charge is 0.497 e. The van der Waals surface area contributed by atoms with E-state index >= 15 is 0 Å². The van der Waals surface area contributed by atoms with Gasteiger partial charge < -0.3 is 4.74 Å². The second kappa shape index (κ2) is 5.41. The molecule has 13 heavy (non-hydrogen) atoms. The lowest BCUT2D eigenvalue weighted by atomic mass is 10.1. The number of hydrogen-bond donors (Lipinski definition) is 0. The summed E-state index contributed by atoms with van der Waals surface area (Å²) in [6.45, 7) is 2.05. The second-order valence-corrected chi connectivity index (χ2v) is 2.96. The molecule has 0 aliphatic rings. The van der Waals surface area contributed by atoms with E-state index in [9.17, 15) is 0 Å². The van der Waals surface area contributed by atoms with Gasteiger partial charge in [0.1, 0.15) is 5.75 Å². The van der Waals surface area contributed by atoms with Crippen molar-refractivity contribution >= 4 is 0 Å². The number of benzene rings is 1. The van der Waals surface area contributed by atoms with E-state index in [0.717, 1.165) is 18.6 Å². The molecule has 0 radical (unpaired) electrons. The van der Waals surface area contributed by atoms with E-state index < -0.39 is 0 Å². The molecule has 1 heteroatoms. The highest BCUT2D eigenvalue weighted by Gasteiger charge is 1.93. The minimum Gasteiger partial charge on any atom is -0.497 e. The van der Waals surface area contributed by atoms with Crippen molar-refractivity contribution in [2.24, 2.45) is 0 Å². The van der Waals surface area contributed by atoms with Gasteiger partial charge in [0.2, 0.25) is 0 Å². The average molecular weight is 176 g/mol. The maximum atomic E-state index is 5.14. The molecule has 0 unspecified atom stereocenters. The van der Waals surface area contributed by atoms with Crippen molar-refractivity contribution in [3.05, 3.63) is 42.0 Å². The van der Waals surface area contributed by atoms with E-state index in [1.54, 1.807) is 7.11 Å². The van der Waals surface area contributed by atoms with E-state index in [-0.39, 0.29) is 0 Å². The molecule has 1 rings (SSSR count). The number of hydrogen-bond acceptors (Lipinski definition) is 1. The molecular weight excluding hydrogens is 160 g/mol. The van der Waals surface area contributed by atoms with E-state index in [0.29, 0.717) is 0 Å². The predicted molar refractivity (Wildman–Crippen MR) is 56.1 cm³/mol. The predicted octanol–water partition coefficient (Wildman–Crippen LogP) is 3.20. The highest BCUT2D eigenvalue weighted by atomic mass is 16.5. The molecule has 0 saturated carbocycles. The first kappa shape index (κ1) is 9.85. The van der Waals surface area contributed by atoms with Crippen LogP contribution in [0.3, 0.4) is 0 Å². The van der Waals surface area contributed by atoms with Crippen LogP contribution in [0.2, 0.25) is 0 Å². The lowest BCUT2D eigenvalue weighted by Crippen LogP contribution is -1.86. The fourth-order valence-corrected chi connectivity index (χ4v) is 1.24. The third-order valence-corrected chi connectivity index (χ3v) is 1.97. The van der Waals surface area contributed by atoms with Crippen LogP contribution >= 0.6 is 0 Å². The Labute approximate surface area is 80.0 Å². The zero-order valence-electron chi connectivity index (χ0n) is 8.29. The number of ether oxygens (including phenoxy) is 1. The van der Waals surface area contributed by atoms with Crippen LogP contribution in [0.1, 0.15) is 18.9 Å². The van der Waals surface area contributed by atoms with Crippen LogP contribution in [0.4, 0.5) is 0 Å². The quantitative estimate of drug-likeness (QED) is 0.640. The highest BCUT2D eigenvalue weighted by molar-refractivity contribution is 5.28. The van der Waals surface area contributed by atoms with Gasteiger partial charge in [-0.3, -0.25) is 0 Å². The Bertz CT molecular complexity index is 276. The van der Waals surface area contributed by atoms with Gasteiger partial charge in [0.25, 0.3) is 0 Å². The van der Waals surface area contributed by atoms with Crippen LogP contribution in [0.5, 0.6) is 5.75 Å². The smallest absolute Gasteiger partial charge is 0.119 e. The summed E-state index contributed by atoms with van der Waals surface area (Å²) in [5, 5.41) is 0. The van der Waals surface area contributed by atoms with Crippen LogP contribution in [0.15, 0.2) is 36.4 Å². The second-order valence-electron chi connectivity index (χ2n) is 2.96. The maximum absolute atomic E-state index is 5.14. The first-order valence-corrected chi connectivity index (χ1v) is 4.61. The maximum Gasteiger partial charge on any atom is 0.119 e. The minimum atomic E-state index is 0.943. The molecule has 0 aromatic heterocycles. The molecule has 0 bridgehead atoms. The number of aryl methyl sites for hydroxylation is 1. The Hall–Kier alpha value is -1.24. The molecule has 0 atom stereocenters. The molecule has 0 spiro atoms. The molecule has 0 N–H and O–H groups in total. The van der Waals surface area contributed by atoms with Gasteiger partial charge >= 0.3 is 0 Å². The fourth-order valence-electron chi connectivity index (χ4n) is 1.24. The summed E-state index contributed by atoms with van der Waals surface area (Å²) in [6, 6.07) is 8.22. The van der Waals surface area contributed by atoms with Gasteiger partial charge in [0.15, 0.2) is 0 Å². The lowest BCUT2D eigenvalue weighted by molar-refractivity contribution is 0.414.